The van der Waals surface area contributed by atoms with E-state index >= 15 is 0 Å². The fourth-order valence-corrected chi connectivity index (χ4v) is 1.70. The molecule has 1 aromatic heterocycles. The summed E-state index contributed by atoms with van der Waals surface area (Å²) in [5.74, 6) is -0.835. The first kappa shape index (κ1) is 14.5. The number of benzene rings is 1. The molecule has 0 atom stereocenters. The van der Waals surface area contributed by atoms with E-state index in [1.807, 2.05) is 0 Å². The van der Waals surface area contributed by atoms with Gasteiger partial charge in [0.1, 0.15) is 5.75 Å². The zero-order chi connectivity index (χ0) is 15.1. The van der Waals surface area contributed by atoms with E-state index in [1.54, 1.807) is 48.8 Å². The van der Waals surface area contributed by atoms with Crippen molar-refractivity contribution in [3.63, 3.8) is 0 Å². The normalized spacial score (nSPS) is 9.90. The number of pyridine rings is 1. The molecule has 0 saturated carbocycles. The number of carboxylic acids is 1. The Hall–Kier alpha value is -2.89. The number of carboxylic acid groups (broad SMARTS) is 1. The molecule has 0 fully saturated rings. The third kappa shape index (κ3) is 4.94. The van der Waals surface area contributed by atoms with E-state index in [4.69, 9.17) is 9.84 Å². The summed E-state index contributed by atoms with van der Waals surface area (Å²) in [5.41, 5.74) is 1.41. The molecule has 21 heavy (non-hydrogen) atoms. The highest BCUT2D eigenvalue weighted by atomic mass is 16.5. The average Bonchev–Trinajstić information content (AvgIpc) is 2.46. The third-order valence-corrected chi connectivity index (χ3v) is 2.59. The quantitative estimate of drug-likeness (QED) is 0.844. The first-order valence-corrected chi connectivity index (χ1v) is 6.27. The Labute approximate surface area is 121 Å². The molecule has 6 heteroatoms. The fraction of sp³-hybridized carbons (Fsp3) is 0.133. The number of nitrogens with zero attached hydrogens (tertiary/aromatic N) is 1. The molecular formula is C15H14N2O4. The molecule has 2 aromatic rings. The Bertz CT molecular complexity index is 629. The van der Waals surface area contributed by atoms with Gasteiger partial charge in [-0.25, -0.2) is 4.79 Å². The Morgan fingerprint density at radius 2 is 1.95 bits per heavy atom. The van der Waals surface area contributed by atoms with Crippen LogP contribution in [-0.4, -0.2) is 28.6 Å². The van der Waals surface area contributed by atoms with Gasteiger partial charge in [0.15, 0.2) is 6.61 Å². The van der Waals surface area contributed by atoms with Crippen LogP contribution in [0.2, 0.25) is 0 Å². The predicted molar refractivity (Wildman–Crippen MR) is 76.1 cm³/mol. The monoisotopic (exact) mass is 286 g/mol. The lowest BCUT2D eigenvalue weighted by molar-refractivity contribution is -0.139. The molecule has 0 spiro atoms. The van der Waals surface area contributed by atoms with Crippen molar-refractivity contribution in [2.45, 2.75) is 6.42 Å². The number of nitrogens with one attached hydrogen (secondary N) is 1. The number of carbonyl (C=O) groups excluding carboxylic acids is 1. The topological polar surface area (TPSA) is 88.5 Å². The minimum Gasteiger partial charge on any atom is -0.482 e. The van der Waals surface area contributed by atoms with Crippen LogP contribution in [0.25, 0.3) is 0 Å². The first-order valence-electron chi connectivity index (χ1n) is 6.27. The van der Waals surface area contributed by atoms with Gasteiger partial charge in [0.25, 0.3) is 0 Å². The lowest BCUT2D eigenvalue weighted by atomic mass is 10.2. The van der Waals surface area contributed by atoms with Gasteiger partial charge in [-0.05, 0) is 29.8 Å². The number of rotatable bonds is 6. The summed E-state index contributed by atoms with van der Waals surface area (Å²) >= 11 is 0. The highest BCUT2D eigenvalue weighted by molar-refractivity contribution is 5.92. The molecule has 108 valence electrons. The lowest BCUT2D eigenvalue weighted by Crippen LogP contribution is -2.14. The molecule has 1 heterocycles. The summed E-state index contributed by atoms with van der Waals surface area (Å²) in [6, 6.07) is 10.1. The maximum absolute atomic E-state index is 11.9. The minimum absolute atomic E-state index is 0.170. The standard InChI is InChI=1S/C15H14N2O4/c18-14(8-11-4-6-16-7-5-11)17-12-2-1-3-13(9-12)21-10-15(19)20/h1-7,9H,8,10H2,(H,17,18)(H,19,20). The van der Waals surface area contributed by atoms with Gasteiger partial charge in [-0.1, -0.05) is 6.07 Å². The fourth-order valence-electron chi connectivity index (χ4n) is 1.70. The van der Waals surface area contributed by atoms with Crippen molar-refractivity contribution in [1.82, 2.24) is 4.98 Å². The molecule has 1 aromatic carbocycles. The number of hydrogen-bond acceptors (Lipinski definition) is 4. The molecule has 2 N–H and O–H groups in total. The third-order valence-electron chi connectivity index (χ3n) is 2.59. The summed E-state index contributed by atoms with van der Waals surface area (Å²) in [7, 11) is 0. The molecule has 0 unspecified atom stereocenters. The number of hydrogen-bond donors (Lipinski definition) is 2. The zero-order valence-electron chi connectivity index (χ0n) is 11.2. The molecule has 0 bridgehead atoms. The lowest BCUT2D eigenvalue weighted by Gasteiger charge is -2.08. The molecular weight excluding hydrogens is 272 g/mol. The van der Waals surface area contributed by atoms with Crippen LogP contribution in [0.1, 0.15) is 5.56 Å². The van der Waals surface area contributed by atoms with Crippen molar-refractivity contribution in [2.75, 3.05) is 11.9 Å². The van der Waals surface area contributed by atoms with Gasteiger partial charge in [-0.15, -0.1) is 0 Å². The number of anilines is 1. The van der Waals surface area contributed by atoms with Gasteiger partial charge < -0.3 is 15.2 Å². The molecule has 1 amide bonds. The Kier molecular flexibility index (Phi) is 4.87. The molecule has 0 saturated heterocycles. The van der Waals surface area contributed by atoms with Crippen LogP contribution in [0, 0.1) is 0 Å². The van der Waals surface area contributed by atoms with Crippen LogP contribution in [0.15, 0.2) is 48.8 Å². The highest BCUT2D eigenvalue weighted by Crippen LogP contribution is 2.17. The van der Waals surface area contributed by atoms with Gasteiger partial charge in [0.2, 0.25) is 5.91 Å². The Morgan fingerprint density at radius 1 is 1.19 bits per heavy atom. The van der Waals surface area contributed by atoms with E-state index in [0.717, 1.165) is 5.56 Å². The predicted octanol–water partition coefficient (Wildman–Crippen LogP) is 1.73. The zero-order valence-corrected chi connectivity index (χ0v) is 11.2. The van der Waals surface area contributed by atoms with E-state index in [9.17, 15) is 9.59 Å². The molecule has 0 aliphatic carbocycles. The van der Waals surface area contributed by atoms with Crippen LogP contribution in [0.5, 0.6) is 5.75 Å². The van der Waals surface area contributed by atoms with E-state index in [2.05, 4.69) is 10.3 Å². The van der Waals surface area contributed by atoms with Crippen molar-refractivity contribution in [1.29, 1.82) is 0 Å². The van der Waals surface area contributed by atoms with Gasteiger partial charge in [-0.3, -0.25) is 9.78 Å². The van der Waals surface area contributed by atoms with Gasteiger partial charge >= 0.3 is 5.97 Å². The molecule has 0 aliphatic heterocycles. The maximum atomic E-state index is 11.9. The van der Waals surface area contributed by atoms with E-state index < -0.39 is 12.6 Å². The van der Waals surface area contributed by atoms with Crippen molar-refractivity contribution >= 4 is 17.6 Å². The number of carbonyl (C=O) groups is 2. The second kappa shape index (κ2) is 7.04. The summed E-state index contributed by atoms with van der Waals surface area (Å²) < 4.78 is 5.05. The van der Waals surface area contributed by atoms with E-state index in [0.29, 0.717) is 11.4 Å². The highest BCUT2D eigenvalue weighted by Gasteiger charge is 2.05. The molecule has 0 aliphatic rings. The van der Waals surface area contributed by atoms with Crippen LogP contribution >= 0.6 is 0 Å². The maximum Gasteiger partial charge on any atom is 0.341 e. The second-order valence-corrected chi connectivity index (χ2v) is 4.29. The number of aliphatic carboxylic acids is 1. The van der Waals surface area contributed by atoms with Gasteiger partial charge in [0, 0.05) is 24.1 Å². The SMILES string of the molecule is O=C(O)COc1cccc(NC(=O)Cc2ccncc2)c1. The van der Waals surface area contributed by atoms with Gasteiger partial charge in [0.05, 0.1) is 6.42 Å². The second-order valence-electron chi connectivity index (χ2n) is 4.29. The van der Waals surface area contributed by atoms with Crippen molar-refractivity contribution in [3.8, 4) is 5.75 Å². The van der Waals surface area contributed by atoms with Crippen LogP contribution in [0.3, 0.4) is 0 Å². The van der Waals surface area contributed by atoms with E-state index in [1.165, 1.54) is 0 Å². The van der Waals surface area contributed by atoms with Crippen molar-refractivity contribution in [2.24, 2.45) is 0 Å². The molecule has 2 rings (SSSR count). The minimum atomic E-state index is -1.05. The summed E-state index contributed by atoms with van der Waals surface area (Å²) in [6.07, 6.45) is 3.49. The number of ether oxygens (including phenoxy) is 1. The first-order chi connectivity index (χ1) is 10.1. The molecule has 6 nitrogen and oxygen atoms in total. The van der Waals surface area contributed by atoms with Crippen molar-refractivity contribution < 1.29 is 19.4 Å². The van der Waals surface area contributed by atoms with Crippen molar-refractivity contribution in [3.05, 3.63) is 54.4 Å². The number of aromatic nitrogens is 1. The van der Waals surface area contributed by atoms with Crippen LogP contribution in [0.4, 0.5) is 5.69 Å². The largest absolute Gasteiger partial charge is 0.482 e. The van der Waals surface area contributed by atoms with Crippen LogP contribution < -0.4 is 10.1 Å². The van der Waals surface area contributed by atoms with Gasteiger partial charge in [-0.2, -0.15) is 0 Å². The summed E-state index contributed by atoms with van der Waals surface area (Å²) in [4.78, 5) is 26.2. The Morgan fingerprint density at radius 3 is 2.67 bits per heavy atom. The average molecular weight is 286 g/mol. The molecule has 0 radical (unpaired) electrons. The Balaban J connectivity index is 1.94. The summed E-state index contributed by atoms with van der Waals surface area (Å²) in [6.45, 7) is -0.422. The smallest absolute Gasteiger partial charge is 0.341 e. The number of amides is 1. The summed E-state index contributed by atoms with van der Waals surface area (Å²) in [5, 5.41) is 11.3. The van der Waals surface area contributed by atoms with E-state index in [-0.39, 0.29) is 12.3 Å². The van der Waals surface area contributed by atoms with Crippen LogP contribution in [-0.2, 0) is 16.0 Å².